The molecule has 4 rings (SSSR count). The van der Waals surface area contributed by atoms with Gasteiger partial charge in [0.1, 0.15) is 11.4 Å². The average Bonchev–Trinajstić information content (AvgIpc) is 2.98. The number of anilines is 2. The molecule has 4 aromatic carbocycles. The number of nitroso groups, excluding NO2 is 2. The van der Waals surface area contributed by atoms with Gasteiger partial charge in [0, 0.05) is 22.5 Å². The third-order valence-electron chi connectivity index (χ3n) is 5.63. The standard InChI is InChI=1S/C28H24N6O4/c35-31-25(21-7-3-1-4-8-21)27(33-37)29-23-15-11-19(12-16-23)20-13-17-24(18-14-20)30-28(34-38)26(32-36)22-9-5-2-6-10-22/h1-18,29-32,35-36H/b27-25-,28-26+. The minimum absolute atomic E-state index is 0.0678. The van der Waals surface area contributed by atoms with E-state index in [-0.39, 0.29) is 23.0 Å². The van der Waals surface area contributed by atoms with Crippen molar-refractivity contribution in [3.05, 3.63) is 142 Å². The molecule has 0 aliphatic heterocycles. The van der Waals surface area contributed by atoms with Crippen LogP contribution in [0.25, 0.3) is 22.5 Å². The highest BCUT2D eigenvalue weighted by molar-refractivity contribution is 5.73. The van der Waals surface area contributed by atoms with Crippen LogP contribution in [0.15, 0.2) is 131 Å². The molecule has 0 unspecified atom stereocenters. The molecule has 190 valence electrons. The van der Waals surface area contributed by atoms with Gasteiger partial charge in [-0.15, -0.1) is 9.81 Å². The highest BCUT2D eigenvalue weighted by atomic mass is 16.5. The Hall–Kier alpha value is -5.32. The number of benzene rings is 4. The minimum atomic E-state index is -0.0678. The molecule has 0 bridgehead atoms. The van der Waals surface area contributed by atoms with Crippen molar-refractivity contribution in [3.8, 4) is 11.1 Å². The Labute approximate surface area is 218 Å². The van der Waals surface area contributed by atoms with E-state index in [0.29, 0.717) is 22.5 Å². The van der Waals surface area contributed by atoms with Crippen molar-refractivity contribution in [2.24, 2.45) is 10.4 Å². The first-order chi connectivity index (χ1) is 18.7. The molecule has 10 nitrogen and oxygen atoms in total. The molecule has 0 fully saturated rings. The molecule has 0 atom stereocenters. The van der Waals surface area contributed by atoms with E-state index in [1.54, 1.807) is 72.8 Å². The first-order valence-electron chi connectivity index (χ1n) is 11.5. The van der Waals surface area contributed by atoms with Crippen LogP contribution in [-0.2, 0) is 0 Å². The van der Waals surface area contributed by atoms with Crippen molar-refractivity contribution in [2.45, 2.75) is 0 Å². The fraction of sp³-hybridized carbons (Fsp3) is 0. The second kappa shape index (κ2) is 12.6. The van der Waals surface area contributed by atoms with Gasteiger partial charge in [-0.05, 0) is 45.7 Å². The van der Waals surface area contributed by atoms with E-state index in [2.05, 4.69) is 21.0 Å². The van der Waals surface area contributed by atoms with Gasteiger partial charge in [-0.1, -0.05) is 84.9 Å². The van der Waals surface area contributed by atoms with Gasteiger partial charge in [0.2, 0.25) is 11.6 Å². The molecule has 0 spiro atoms. The van der Waals surface area contributed by atoms with Gasteiger partial charge in [0.05, 0.1) is 0 Å². The van der Waals surface area contributed by atoms with E-state index in [1.165, 1.54) is 0 Å². The first kappa shape index (κ1) is 25.8. The molecular weight excluding hydrogens is 484 g/mol. The molecule has 0 aromatic heterocycles. The van der Waals surface area contributed by atoms with Gasteiger partial charge >= 0.3 is 0 Å². The van der Waals surface area contributed by atoms with Crippen LogP contribution in [0.5, 0.6) is 0 Å². The number of nitrogens with zero attached hydrogens (tertiary/aromatic N) is 2. The van der Waals surface area contributed by atoms with Crippen LogP contribution in [0, 0.1) is 9.81 Å². The van der Waals surface area contributed by atoms with Crippen LogP contribution >= 0.6 is 0 Å². The van der Waals surface area contributed by atoms with E-state index >= 15 is 0 Å². The lowest BCUT2D eigenvalue weighted by Gasteiger charge is -2.12. The molecule has 6 N–H and O–H groups in total. The monoisotopic (exact) mass is 508 g/mol. The van der Waals surface area contributed by atoms with Crippen LogP contribution in [-0.4, -0.2) is 10.4 Å². The van der Waals surface area contributed by atoms with Gasteiger partial charge in [-0.25, -0.2) is 0 Å². The zero-order valence-electron chi connectivity index (χ0n) is 20.0. The van der Waals surface area contributed by atoms with Crippen molar-refractivity contribution in [2.75, 3.05) is 10.6 Å². The number of hydroxylamine groups is 2. The van der Waals surface area contributed by atoms with Gasteiger partial charge in [0.25, 0.3) is 0 Å². The summed E-state index contributed by atoms with van der Waals surface area (Å²) in [4.78, 5) is 22.9. The molecule has 0 aliphatic carbocycles. The summed E-state index contributed by atoms with van der Waals surface area (Å²) in [6, 6.07) is 32.3. The summed E-state index contributed by atoms with van der Waals surface area (Å²) in [5.41, 5.74) is 8.57. The van der Waals surface area contributed by atoms with Crippen LogP contribution < -0.4 is 21.6 Å². The maximum absolute atomic E-state index is 11.5. The van der Waals surface area contributed by atoms with Crippen molar-refractivity contribution < 1.29 is 10.4 Å². The molecular formula is C28H24N6O4. The van der Waals surface area contributed by atoms with Crippen molar-refractivity contribution >= 4 is 22.8 Å². The summed E-state index contributed by atoms with van der Waals surface area (Å²) in [5, 5.41) is 31.0. The van der Waals surface area contributed by atoms with E-state index in [4.69, 9.17) is 0 Å². The van der Waals surface area contributed by atoms with E-state index < -0.39 is 0 Å². The highest BCUT2D eigenvalue weighted by Gasteiger charge is 2.12. The predicted molar refractivity (Wildman–Crippen MR) is 147 cm³/mol. The average molecular weight is 509 g/mol. The molecule has 0 amide bonds. The SMILES string of the molecule is O=N/C(Nc1ccc(-c2ccc(N/C(N=O)=C(\NO)c3ccccc3)cc2)cc1)=C(\NO)c1ccccc1. The lowest BCUT2D eigenvalue weighted by molar-refractivity contribution is 0.223. The number of hydrogen-bond donors (Lipinski definition) is 6. The van der Waals surface area contributed by atoms with Crippen molar-refractivity contribution in [1.29, 1.82) is 0 Å². The number of hydrogen-bond acceptors (Lipinski definition) is 10. The fourth-order valence-electron chi connectivity index (χ4n) is 3.75. The largest absolute Gasteiger partial charge is 0.336 e. The molecule has 10 heteroatoms. The number of nitrogens with one attached hydrogen (secondary N) is 4. The third kappa shape index (κ3) is 6.08. The first-order valence-corrected chi connectivity index (χ1v) is 11.5. The molecule has 4 aromatic rings. The molecule has 0 radical (unpaired) electrons. The zero-order valence-corrected chi connectivity index (χ0v) is 20.0. The summed E-state index contributed by atoms with van der Waals surface area (Å²) in [6.45, 7) is 0. The van der Waals surface area contributed by atoms with Crippen LogP contribution in [0.4, 0.5) is 11.4 Å². The number of rotatable bonds is 11. The zero-order chi connectivity index (χ0) is 26.7. The highest BCUT2D eigenvalue weighted by Crippen LogP contribution is 2.26. The molecule has 0 heterocycles. The Bertz CT molecular complexity index is 1330. The second-order valence-corrected chi connectivity index (χ2v) is 7.99. The summed E-state index contributed by atoms with van der Waals surface area (Å²) in [5.74, 6) is -0.136. The van der Waals surface area contributed by atoms with Gasteiger partial charge in [-0.3, -0.25) is 21.4 Å². The van der Waals surface area contributed by atoms with E-state index in [1.807, 2.05) is 47.4 Å². The van der Waals surface area contributed by atoms with Crippen molar-refractivity contribution in [1.82, 2.24) is 11.0 Å². The predicted octanol–water partition coefficient (Wildman–Crippen LogP) is 6.32. The molecule has 38 heavy (non-hydrogen) atoms. The second-order valence-electron chi connectivity index (χ2n) is 7.99. The van der Waals surface area contributed by atoms with Crippen LogP contribution in [0.3, 0.4) is 0 Å². The minimum Gasteiger partial charge on any atom is -0.336 e. The van der Waals surface area contributed by atoms with Gasteiger partial charge in [0.15, 0.2) is 0 Å². The normalized spacial score (nSPS) is 11.9. The van der Waals surface area contributed by atoms with Crippen LogP contribution in [0.1, 0.15) is 11.1 Å². The molecule has 0 aliphatic rings. The third-order valence-corrected chi connectivity index (χ3v) is 5.63. The Balaban J connectivity index is 1.50. The smallest absolute Gasteiger partial charge is 0.201 e. The molecule has 0 saturated heterocycles. The Morgan fingerprint density at radius 3 is 1.13 bits per heavy atom. The lowest BCUT2D eigenvalue weighted by atomic mass is 10.0. The lowest BCUT2D eigenvalue weighted by Crippen LogP contribution is -2.12. The van der Waals surface area contributed by atoms with Gasteiger partial charge < -0.3 is 10.6 Å². The summed E-state index contributed by atoms with van der Waals surface area (Å²) in [6.07, 6.45) is 0. The van der Waals surface area contributed by atoms with Crippen molar-refractivity contribution in [3.63, 3.8) is 0 Å². The topological polar surface area (TPSA) is 147 Å². The summed E-state index contributed by atoms with van der Waals surface area (Å²) >= 11 is 0. The Morgan fingerprint density at radius 2 is 0.842 bits per heavy atom. The maximum atomic E-state index is 11.5. The quantitative estimate of drug-likeness (QED) is 0.102. The Kier molecular flexibility index (Phi) is 8.53. The van der Waals surface area contributed by atoms with Crippen LogP contribution in [0.2, 0.25) is 0 Å². The van der Waals surface area contributed by atoms with Gasteiger partial charge in [-0.2, -0.15) is 0 Å². The maximum Gasteiger partial charge on any atom is 0.201 e. The van der Waals surface area contributed by atoms with E-state index in [9.17, 15) is 20.2 Å². The summed E-state index contributed by atoms with van der Waals surface area (Å²) < 4.78 is 0. The van der Waals surface area contributed by atoms with E-state index in [0.717, 1.165) is 11.1 Å². The fourth-order valence-corrected chi connectivity index (χ4v) is 3.75. The Morgan fingerprint density at radius 1 is 0.500 bits per heavy atom. The summed E-state index contributed by atoms with van der Waals surface area (Å²) in [7, 11) is 0. The molecule has 0 saturated carbocycles.